The molecule has 3 N–H and O–H groups in total. The molecule has 0 radical (unpaired) electrons. The number of rotatable bonds is 10. The van der Waals surface area contributed by atoms with Gasteiger partial charge in [0, 0.05) is 59.1 Å². The topological polar surface area (TPSA) is 137 Å². The summed E-state index contributed by atoms with van der Waals surface area (Å²) in [6, 6.07) is 12.4. The Hall–Kier alpha value is -4.00. The third-order valence-electron chi connectivity index (χ3n) is 7.72. The van der Waals surface area contributed by atoms with Crippen LogP contribution in [0.2, 0.25) is 10.0 Å². The molecule has 45 heavy (non-hydrogen) atoms. The first-order valence-electron chi connectivity index (χ1n) is 14.4. The number of urea groups is 2. The Morgan fingerprint density at radius 1 is 0.867 bits per heavy atom. The van der Waals surface area contributed by atoms with Crippen molar-refractivity contribution in [1.82, 2.24) is 15.1 Å². The largest absolute Gasteiger partial charge is 0.495 e. The van der Waals surface area contributed by atoms with E-state index >= 15 is 0 Å². The van der Waals surface area contributed by atoms with Gasteiger partial charge in [-0.15, -0.1) is 0 Å². The summed E-state index contributed by atoms with van der Waals surface area (Å²) in [6.07, 6.45) is 0. The van der Waals surface area contributed by atoms with E-state index in [1.807, 2.05) is 13.8 Å². The lowest BCUT2D eigenvalue weighted by atomic mass is 9.83. The maximum atomic E-state index is 14.3. The summed E-state index contributed by atoms with van der Waals surface area (Å²) in [5.74, 6) is -0.760. The van der Waals surface area contributed by atoms with E-state index in [2.05, 4.69) is 16.0 Å². The zero-order chi connectivity index (χ0) is 33.1. The molecule has 0 saturated carbocycles. The van der Waals surface area contributed by atoms with Crippen molar-refractivity contribution in [2.75, 3.05) is 43.9 Å². The standard InChI is InChI=1S/C31H35Cl2N5O6S/c1-6-37(7-2)29(40)34-20-14-15-25(24(18-20)44-5)45(42,43)26-17-19(32)16-22-27(26)35-28(39)31(22,21-12-10-11-13-23(21)33)36-30(41)38(8-3)9-4/h10-18H,6-9H2,1-5H3,(H,34,40)(H,35,39)(H,36,41). The minimum atomic E-state index is -4.42. The molecule has 4 rings (SSSR count). The Balaban J connectivity index is 1.90. The molecule has 0 spiro atoms. The molecule has 14 heteroatoms. The smallest absolute Gasteiger partial charge is 0.321 e. The van der Waals surface area contributed by atoms with E-state index in [1.54, 1.807) is 43.0 Å². The fourth-order valence-electron chi connectivity index (χ4n) is 5.32. The second-order valence-corrected chi connectivity index (χ2v) is 12.8. The highest BCUT2D eigenvalue weighted by Crippen LogP contribution is 2.48. The van der Waals surface area contributed by atoms with Crippen LogP contribution in [0.15, 0.2) is 64.4 Å². The Labute approximate surface area is 272 Å². The van der Waals surface area contributed by atoms with Crippen LogP contribution in [0.25, 0.3) is 0 Å². The molecule has 0 saturated heterocycles. The van der Waals surface area contributed by atoms with Gasteiger partial charge in [0.25, 0.3) is 5.91 Å². The fourth-order valence-corrected chi connectivity index (χ4v) is 7.49. The number of nitrogens with zero attached hydrogens (tertiary/aromatic N) is 2. The number of carbonyl (C=O) groups excluding carboxylic acids is 3. The maximum Gasteiger partial charge on any atom is 0.321 e. The highest BCUT2D eigenvalue weighted by Gasteiger charge is 2.53. The van der Waals surface area contributed by atoms with E-state index in [4.69, 9.17) is 27.9 Å². The van der Waals surface area contributed by atoms with Gasteiger partial charge in [-0.1, -0.05) is 41.4 Å². The highest BCUT2D eigenvalue weighted by molar-refractivity contribution is 7.91. The second kappa shape index (κ2) is 13.6. The Kier molecular flexibility index (Phi) is 10.2. The van der Waals surface area contributed by atoms with Crippen LogP contribution in [-0.2, 0) is 20.2 Å². The Bertz CT molecular complexity index is 1740. The molecule has 3 aromatic carbocycles. The SMILES string of the molecule is CCN(CC)C(=O)Nc1ccc(S(=O)(=O)c2cc(Cl)cc3c2NC(=O)C3(NC(=O)N(CC)CC)c2ccccc2Cl)c(OC)c1. The van der Waals surface area contributed by atoms with Gasteiger partial charge in [-0.3, -0.25) is 4.79 Å². The lowest BCUT2D eigenvalue weighted by Gasteiger charge is -2.33. The van der Waals surface area contributed by atoms with Crippen molar-refractivity contribution in [1.29, 1.82) is 0 Å². The molecule has 1 unspecified atom stereocenters. The second-order valence-electron chi connectivity index (χ2n) is 10.1. The average molecular weight is 677 g/mol. The molecule has 1 atom stereocenters. The van der Waals surface area contributed by atoms with Gasteiger partial charge in [-0.05, 0) is 58.0 Å². The zero-order valence-electron chi connectivity index (χ0n) is 25.5. The molecular weight excluding hydrogens is 641 g/mol. The predicted molar refractivity (Wildman–Crippen MR) is 174 cm³/mol. The number of amides is 5. The van der Waals surface area contributed by atoms with Gasteiger partial charge in [-0.25, -0.2) is 18.0 Å². The van der Waals surface area contributed by atoms with Gasteiger partial charge in [0.1, 0.15) is 10.6 Å². The molecule has 1 heterocycles. The van der Waals surface area contributed by atoms with E-state index in [0.717, 1.165) is 0 Å². The first-order chi connectivity index (χ1) is 21.4. The number of benzene rings is 3. The van der Waals surface area contributed by atoms with Crippen LogP contribution in [0.4, 0.5) is 21.0 Å². The van der Waals surface area contributed by atoms with Crippen LogP contribution in [0.1, 0.15) is 38.8 Å². The van der Waals surface area contributed by atoms with Crippen LogP contribution in [0.3, 0.4) is 0 Å². The molecule has 3 aromatic rings. The molecule has 0 aromatic heterocycles. The molecule has 5 amide bonds. The van der Waals surface area contributed by atoms with Crippen LogP contribution < -0.4 is 20.7 Å². The Morgan fingerprint density at radius 2 is 1.49 bits per heavy atom. The third kappa shape index (κ3) is 6.14. The monoisotopic (exact) mass is 675 g/mol. The van der Waals surface area contributed by atoms with E-state index in [0.29, 0.717) is 31.9 Å². The maximum absolute atomic E-state index is 14.3. The third-order valence-corrected chi connectivity index (χ3v) is 10.1. The number of ether oxygens (including phenoxy) is 1. The summed E-state index contributed by atoms with van der Waals surface area (Å²) in [7, 11) is -3.12. The summed E-state index contributed by atoms with van der Waals surface area (Å²) in [4.78, 5) is 42.6. The van der Waals surface area contributed by atoms with Gasteiger partial charge >= 0.3 is 12.1 Å². The number of sulfone groups is 1. The van der Waals surface area contributed by atoms with E-state index in [9.17, 15) is 22.8 Å². The minimum absolute atomic E-state index is 0.000542. The molecule has 1 aliphatic heterocycles. The van der Waals surface area contributed by atoms with Crippen molar-refractivity contribution in [2.45, 2.75) is 43.0 Å². The summed E-state index contributed by atoms with van der Waals surface area (Å²) < 4.78 is 34.0. The van der Waals surface area contributed by atoms with Crippen LogP contribution >= 0.6 is 23.2 Å². The molecule has 0 fully saturated rings. The number of hydrogen-bond donors (Lipinski definition) is 3. The van der Waals surface area contributed by atoms with Crippen molar-refractivity contribution < 1.29 is 27.5 Å². The number of hydrogen-bond acceptors (Lipinski definition) is 6. The van der Waals surface area contributed by atoms with Gasteiger partial charge in [0.15, 0.2) is 5.54 Å². The van der Waals surface area contributed by atoms with Gasteiger partial charge in [0.05, 0.1) is 17.7 Å². The minimum Gasteiger partial charge on any atom is -0.495 e. The molecule has 1 aliphatic rings. The zero-order valence-corrected chi connectivity index (χ0v) is 27.9. The van der Waals surface area contributed by atoms with Crippen molar-refractivity contribution in [2.24, 2.45) is 0 Å². The first-order valence-corrected chi connectivity index (χ1v) is 16.6. The molecular formula is C31H35Cl2N5O6S. The number of carbonyl (C=O) groups is 3. The lowest BCUT2D eigenvalue weighted by molar-refractivity contribution is -0.120. The lowest BCUT2D eigenvalue weighted by Crippen LogP contribution is -2.55. The molecule has 0 aliphatic carbocycles. The molecule has 0 bridgehead atoms. The molecule has 11 nitrogen and oxygen atoms in total. The fraction of sp³-hybridized carbons (Fsp3) is 0.323. The van der Waals surface area contributed by atoms with Crippen molar-refractivity contribution in [3.8, 4) is 5.75 Å². The average Bonchev–Trinajstić information content (AvgIpc) is 3.28. The van der Waals surface area contributed by atoms with Gasteiger partial charge in [-0.2, -0.15) is 0 Å². The highest BCUT2D eigenvalue weighted by atomic mass is 35.5. The van der Waals surface area contributed by atoms with Gasteiger partial charge in [0.2, 0.25) is 9.84 Å². The summed E-state index contributed by atoms with van der Waals surface area (Å²) in [5.41, 5.74) is -1.31. The van der Waals surface area contributed by atoms with Crippen molar-refractivity contribution in [3.05, 3.63) is 75.8 Å². The van der Waals surface area contributed by atoms with Gasteiger partial charge < -0.3 is 30.5 Å². The van der Waals surface area contributed by atoms with Crippen molar-refractivity contribution >= 4 is 62.4 Å². The predicted octanol–water partition coefficient (Wildman–Crippen LogP) is 5.96. The number of methoxy groups -OCH3 is 1. The number of halogens is 2. The summed E-state index contributed by atoms with van der Waals surface area (Å²) >= 11 is 13.2. The molecule has 240 valence electrons. The van der Waals surface area contributed by atoms with E-state index in [-0.39, 0.29) is 48.4 Å². The normalized spacial score (nSPS) is 15.6. The van der Waals surface area contributed by atoms with Crippen molar-refractivity contribution in [3.63, 3.8) is 0 Å². The number of fused-ring (bicyclic) bond motifs is 1. The van der Waals surface area contributed by atoms with Crippen LogP contribution in [0.5, 0.6) is 5.75 Å². The van der Waals surface area contributed by atoms with E-state index < -0.39 is 27.3 Å². The summed E-state index contributed by atoms with van der Waals surface area (Å²) in [6.45, 7) is 8.97. The summed E-state index contributed by atoms with van der Waals surface area (Å²) in [5, 5.41) is 8.45. The number of anilines is 2. The first kappa shape index (κ1) is 33.9. The van der Waals surface area contributed by atoms with Crippen LogP contribution in [0, 0.1) is 0 Å². The quantitative estimate of drug-likeness (QED) is 0.243. The van der Waals surface area contributed by atoms with Crippen LogP contribution in [-0.4, -0.2) is 69.5 Å². The van der Waals surface area contributed by atoms with E-state index in [1.165, 1.54) is 42.3 Å². The Morgan fingerprint density at radius 3 is 2.09 bits per heavy atom. The number of nitrogens with one attached hydrogen (secondary N) is 3.